The molecule has 35 heavy (non-hydrogen) atoms. The molecule has 0 aliphatic heterocycles. The van der Waals surface area contributed by atoms with Crippen molar-refractivity contribution in [1.29, 1.82) is 0 Å². The SMILES string of the molecule is CCOC(=O)c1c(COc2ccccc2)n(C)c2cc(-c3cc4cc(OC)ccc4[nH]3)c(O)cc12. The van der Waals surface area contributed by atoms with E-state index >= 15 is 0 Å². The van der Waals surface area contributed by atoms with E-state index in [0.717, 1.165) is 27.9 Å². The lowest BCUT2D eigenvalue weighted by Crippen LogP contribution is -2.11. The number of esters is 1. The first-order valence-corrected chi connectivity index (χ1v) is 11.4. The van der Waals surface area contributed by atoms with Crippen molar-refractivity contribution in [3.63, 3.8) is 0 Å². The maximum Gasteiger partial charge on any atom is 0.340 e. The summed E-state index contributed by atoms with van der Waals surface area (Å²) in [5.41, 5.74) is 4.15. The van der Waals surface area contributed by atoms with E-state index in [1.807, 2.05) is 72.3 Å². The zero-order valence-corrected chi connectivity index (χ0v) is 19.8. The summed E-state index contributed by atoms with van der Waals surface area (Å²) in [6.45, 7) is 2.19. The highest BCUT2D eigenvalue weighted by molar-refractivity contribution is 6.07. The highest BCUT2D eigenvalue weighted by Gasteiger charge is 2.25. The Labute approximate surface area is 202 Å². The van der Waals surface area contributed by atoms with Crippen LogP contribution >= 0.6 is 0 Å². The minimum absolute atomic E-state index is 0.0581. The summed E-state index contributed by atoms with van der Waals surface area (Å²) in [7, 11) is 3.51. The van der Waals surface area contributed by atoms with Gasteiger partial charge in [-0.25, -0.2) is 4.79 Å². The molecule has 0 amide bonds. The number of aromatic hydroxyl groups is 1. The van der Waals surface area contributed by atoms with Crippen LogP contribution < -0.4 is 9.47 Å². The third-order valence-corrected chi connectivity index (χ3v) is 6.15. The molecular weight excluding hydrogens is 444 g/mol. The Hall–Kier alpha value is -4.39. The van der Waals surface area contributed by atoms with E-state index in [0.29, 0.717) is 28.0 Å². The predicted octanol–water partition coefficient (Wildman–Crippen LogP) is 5.80. The standard InChI is InChI=1S/C28H26N2O5/c1-4-34-28(32)27-21-15-26(31)20(23-13-17-12-19(33-3)10-11-22(17)29-23)14-24(21)30(2)25(27)16-35-18-8-6-5-7-9-18/h5-15,29,31H,4,16H2,1-3H3. The first-order chi connectivity index (χ1) is 17.0. The van der Waals surface area contributed by atoms with Crippen molar-refractivity contribution in [2.45, 2.75) is 13.5 Å². The van der Waals surface area contributed by atoms with Crippen molar-refractivity contribution in [3.05, 3.63) is 78.0 Å². The molecule has 178 valence electrons. The third-order valence-electron chi connectivity index (χ3n) is 6.15. The van der Waals surface area contributed by atoms with Crippen molar-refractivity contribution < 1.29 is 24.1 Å². The Morgan fingerprint density at radius 3 is 2.57 bits per heavy atom. The topological polar surface area (TPSA) is 85.7 Å². The molecule has 0 atom stereocenters. The number of benzene rings is 3. The third kappa shape index (κ3) is 4.05. The zero-order valence-electron chi connectivity index (χ0n) is 19.8. The van der Waals surface area contributed by atoms with Gasteiger partial charge >= 0.3 is 5.97 Å². The zero-order chi connectivity index (χ0) is 24.5. The van der Waals surface area contributed by atoms with E-state index in [1.165, 1.54) is 0 Å². The average molecular weight is 471 g/mol. The Morgan fingerprint density at radius 2 is 1.83 bits per heavy atom. The van der Waals surface area contributed by atoms with Gasteiger partial charge in [-0.2, -0.15) is 0 Å². The summed E-state index contributed by atoms with van der Waals surface area (Å²) >= 11 is 0. The fourth-order valence-corrected chi connectivity index (χ4v) is 4.39. The number of nitrogens with one attached hydrogen (secondary N) is 1. The maximum absolute atomic E-state index is 13.0. The van der Waals surface area contributed by atoms with Crippen LogP contribution in [0.3, 0.4) is 0 Å². The molecule has 0 radical (unpaired) electrons. The van der Waals surface area contributed by atoms with Gasteiger partial charge in [0, 0.05) is 34.4 Å². The van der Waals surface area contributed by atoms with Crippen LogP contribution in [-0.4, -0.2) is 34.3 Å². The lowest BCUT2D eigenvalue weighted by atomic mass is 10.1. The highest BCUT2D eigenvalue weighted by atomic mass is 16.5. The van der Waals surface area contributed by atoms with E-state index in [-0.39, 0.29) is 19.0 Å². The van der Waals surface area contributed by atoms with Crippen molar-refractivity contribution in [2.75, 3.05) is 13.7 Å². The van der Waals surface area contributed by atoms with E-state index in [2.05, 4.69) is 4.98 Å². The fourth-order valence-electron chi connectivity index (χ4n) is 4.39. The largest absolute Gasteiger partial charge is 0.507 e. The lowest BCUT2D eigenvalue weighted by molar-refractivity contribution is 0.0525. The highest BCUT2D eigenvalue weighted by Crippen LogP contribution is 2.38. The van der Waals surface area contributed by atoms with Crippen molar-refractivity contribution in [2.24, 2.45) is 7.05 Å². The lowest BCUT2D eigenvalue weighted by Gasteiger charge is -2.10. The molecule has 3 aromatic carbocycles. The van der Waals surface area contributed by atoms with Gasteiger partial charge < -0.3 is 28.9 Å². The molecule has 0 aliphatic rings. The number of carbonyl (C=O) groups excluding carboxylic acids is 1. The number of para-hydroxylation sites is 1. The van der Waals surface area contributed by atoms with Crippen molar-refractivity contribution in [3.8, 4) is 28.5 Å². The van der Waals surface area contributed by atoms with Gasteiger partial charge in [-0.15, -0.1) is 0 Å². The number of ether oxygens (including phenoxy) is 3. The quantitative estimate of drug-likeness (QED) is 0.294. The Bertz CT molecular complexity index is 1530. The summed E-state index contributed by atoms with van der Waals surface area (Å²) in [5, 5.41) is 12.6. The molecule has 5 aromatic rings. The molecule has 0 aliphatic carbocycles. The van der Waals surface area contributed by atoms with Crippen molar-refractivity contribution in [1.82, 2.24) is 9.55 Å². The number of aromatic amines is 1. The first-order valence-electron chi connectivity index (χ1n) is 11.4. The molecule has 0 unspecified atom stereocenters. The average Bonchev–Trinajstić information content (AvgIpc) is 3.40. The molecule has 0 saturated heterocycles. The summed E-state index contributed by atoms with van der Waals surface area (Å²) in [6.07, 6.45) is 0. The molecular formula is C28H26N2O5. The molecule has 0 fully saturated rings. The maximum atomic E-state index is 13.0. The number of H-pyrrole nitrogens is 1. The number of rotatable bonds is 7. The number of fused-ring (bicyclic) bond motifs is 2. The minimum Gasteiger partial charge on any atom is -0.507 e. The molecule has 7 nitrogen and oxygen atoms in total. The summed E-state index contributed by atoms with van der Waals surface area (Å²) < 4.78 is 18.6. The number of carbonyl (C=O) groups is 1. The monoisotopic (exact) mass is 470 g/mol. The normalized spacial score (nSPS) is 11.2. The van der Waals surface area contributed by atoms with Gasteiger partial charge in [-0.3, -0.25) is 0 Å². The second-order valence-electron chi connectivity index (χ2n) is 8.23. The Morgan fingerprint density at radius 1 is 1.03 bits per heavy atom. The summed E-state index contributed by atoms with van der Waals surface area (Å²) in [5.74, 6) is 1.06. The van der Waals surface area contributed by atoms with Crippen LogP contribution in [-0.2, 0) is 18.4 Å². The smallest absolute Gasteiger partial charge is 0.340 e. The molecule has 7 heteroatoms. The predicted molar refractivity (Wildman–Crippen MR) is 135 cm³/mol. The van der Waals surface area contributed by atoms with Crippen LogP contribution in [0.25, 0.3) is 33.1 Å². The van der Waals surface area contributed by atoms with Crippen LogP contribution in [0.15, 0.2) is 66.7 Å². The van der Waals surface area contributed by atoms with E-state index in [9.17, 15) is 9.90 Å². The molecule has 0 saturated carbocycles. The number of phenols is 1. The second kappa shape index (κ2) is 9.10. The fraction of sp³-hybridized carbons (Fsp3) is 0.179. The van der Waals surface area contributed by atoms with Crippen molar-refractivity contribution >= 4 is 27.8 Å². The number of aryl methyl sites for hydroxylation is 1. The first kappa shape index (κ1) is 22.4. The number of aromatic nitrogens is 2. The Kier molecular flexibility index (Phi) is 5.82. The molecule has 2 heterocycles. The van der Waals surface area contributed by atoms with Crippen LogP contribution in [0.1, 0.15) is 23.0 Å². The molecule has 2 N–H and O–H groups in total. The number of hydrogen-bond acceptors (Lipinski definition) is 5. The van der Waals surface area contributed by atoms with E-state index in [1.54, 1.807) is 20.1 Å². The number of hydrogen-bond donors (Lipinski definition) is 2. The van der Waals surface area contributed by atoms with E-state index < -0.39 is 5.97 Å². The second-order valence-corrected chi connectivity index (χ2v) is 8.23. The minimum atomic E-state index is -0.449. The summed E-state index contributed by atoms with van der Waals surface area (Å²) in [6, 6.07) is 20.6. The van der Waals surface area contributed by atoms with Gasteiger partial charge in [0.1, 0.15) is 23.9 Å². The van der Waals surface area contributed by atoms with Gasteiger partial charge in [-0.1, -0.05) is 18.2 Å². The Balaban J connectivity index is 1.63. The molecule has 2 aromatic heterocycles. The number of nitrogens with zero attached hydrogens (tertiary/aromatic N) is 1. The van der Waals surface area contributed by atoms with Gasteiger partial charge in [0.05, 0.1) is 30.7 Å². The van der Waals surface area contributed by atoms with Gasteiger partial charge in [-0.05, 0) is 55.5 Å². The van der Waals surface area contributed by atoms with E-state index in [4.69, 9.17) is 14.2 Å². The van der Waals surface area contributed by atoms with Crippen LogP contribution in [0.5, 0.6) is 17.2 Å². The van der Waals surface area contributed by atoms with Gasteiger partial charge in [0.25, 0.3) is 0 Å². The van der Waals surface area contributed by atoms with Crippen LogP contribution in [0.4, 0.5) is 0 Å². The molecule has 0 spiro atoms. The number of methoxy groups -OCH3 is 1. The molecule has 0 bridgehead atoms. The van der Waals surface area contributed by atoms with Crippen LogP contribution in [0, 0.1) is 0 Å². The number of phenolic OH excluding ortho intramolecular Hbond substituents is 1. The van der Waals surface area contributed by atoms with Gasteiger partial charge in [0.2, 0.25) is 0 Å². The molecule has 5 rings (SSSR count). The van der Waals surface area contributed by atoms with Crippen LogP contribution in [0.2, 0.25) is 0 Å². The van der Waals surface area contributed by atoms with Gasteiger partial charge in [0.15, 0.2) is 0 Å². The summed E-state index contributed by atoms with van der Waals surface area (Å²) in [4.78, 5) is 16.3.